The fourth-order valence-electron chi connectivity index (χ4n) is 2.14. The summed E-state index contributed by atoms with van der Waals surface area (Å²) in [4.78, 5) is 2.54. The third-order valence-corrected chi connectivity index (χ3v) is 3.10. The summed E-state index contributed by atoms with van der Waals surface area (Å²) in [5, 5.41) is 0. The molecule has 1 fully saturated rings. The molecule has 84 valence electrons. The van der Waals surface area contributed by atoms with Gasteiger partial charge in [0.25, 0.3) is 0 Å². The molecule has 1 unspecified atom stereocenters. The fourth-order valence-corrected chi connectivity index (χ4v) is 2.14. The topological polar surface area (TPSA) is 38.5 Å². The maximum Gasteiger partial charge on any atom is 0.0595 e. The van der Waals surface area contributed by atoms with Crippen molar-refractivity contribution >= 4 is 0 Å². The van der Waals surface area contributed by atoms with Crippen molar-refractivity contribution < 1.29 is 4.74 Å². The number of likely N-dealkylation sites (tertiary alicyclic amines) is 1. The van der Waals surface area contributed by atoms with Crippen molar-refractivity contribution in [3.63, 3.8) is 0 Å². The van der Waals surface area contributed by atoms with Crippen molar-refractivity contribution in [2.24, 2.45) is 11.7 Å². The van der Waals surface area contributed by atoms with Crippen LogP contribution in [0.4, 0.5) is 0 Å². The predicted octanol–water partition coefficient (Wildman–Crippen LogP) is 1.08. The van der Waals surface area contributed by atoms with Crippen LogP contribution >= 0.6 is 0 Å². The van der Waals surface area contributed by atoms with Crippen LogP contribution in [-0.4, -0.2) is 44.3 Å². The third-order valence-electron chi connectivity index (χ3n) is 3.10. The van der Waals surface area contributed by atoms with E-state index in [2.05, 4.69) is 11.8 Å². The minimum absolute atomic E-state index is 0.496. The Hall–Kier alpha value is -0.120. The Morgan fingerprint density at radius 3 is 2.57 bits per heavy atom. The van der Waals surface area contributed by atoms with Crippen LogP contribution in [0.5, 0.6) is 0 Å². The molecular weight excluding hydrogens is 176 g/mol. The normalized spacial score (nSPS) is 22.5. The summed E-state index contributed by atoms with van der Waals surface area (Å²) in [5.74, 6) is 0.735. The predicted molar refractivity (Wildman–Crippen MR) is 59.3 cm³/mol. The molecule has 1 heterocycles. The Morgan fingerprint density at radius 1 is 1.43 bits per heavy atom. The highest BCUT2D eigenvalue weighted by molar-refractivity contribution is 4.73. The van der Waals surface area contributed by atoms with Crippen LogP contribution < -0.4 is 5.73 Å². The minimum atomic E-state index is 0.496. The molecule has 3 heteroatoms. The standard InChI is InChI=1S/C11H24N2O/c1-10(3-6-12)9-13-7-4-11(14-2)5-8-13/h10-11H,3-9,12H2,1-2H3. The smallest absolute Gasteiger partial charge is 0.0595 e. The fraction of sp³-hybridized carbons (Fsp3) is 1.00. The maximum atomic E-state index is 5.54. The number of ether oxygens (including phenoxy) is 1. The van der Waals surface area contributed by atoms with E-state index >= 15 is 0 Å². The van der Waals surface area contributed by atoms with Crippen LogP contribution in [0.25, 0.3) is 0 Å². The lowest BCUT2D eigenvalue weighted by Crippen LogP contribution is -2.39. The molecule has 0 amide bonds. The van der Waals surface area contributed by atoms with E-state index in [1.165, 1.54) is 32.5 Å². The van der Waals surface area contributed by atoms with Gasteiger partial charge < -0.3 is 15.4 Å². The molecule has 0 radical (unpaired) electrons. The van der Waals surface area contributed by atoms with Crippen molar-refractivity contribution in [2.45, 2.75) is 32.3 Å². The van der Waals surface area contributed by atoms with Gasteiger partial charge in [-0.15, -0.1) is 0 Å². The molecule has 0 saturated carbocycles. The molecule has 0 aromatic heterocycles. The molecule has 0 aromatic rings. The monoisotopic (exact) mass is 200 g/mol. The molecule has 0 bridgehead atoms. The van der Waals surface area contributed by atoms with Crippen LogP contribution in [0.2, 0.25) is 0 Å². The summed E-state index contributed by atoms with van der Waals surface area (Å²) in [6, 6.07) is 0. The highest BCUT2D eigenvalue weighted by atomic mass is 16.5. The molecular formula is C11H24N2O. The number of nitrogens with zero attached hydrogens (tertiary/aromatic N) is 1. The van der Waals surface area contributed by atoms with Crippen LogP contribution in [-0.2, 0) is 4.74 Å². The molecule has 0 aromatic carbocycles. The number of hydrogen-bond acceptors (Lipinski definition) is 3. The van der Waals surface area contributed by atoms with Crippen molar-refractivity contribution in [1.82, 2.24) is 4.90 Å². The Morgan fingerprint density at radius 2 is 2.07 bits per heavy atom. The molecule has 0 aliphatic carbocycles. The number of nitrogens with two attached hydrogens (primary N) is 1. The molecule has 1 saturated heterocycles. The van der Waals surface area contributed by atoms with Gasteiger partial charge in [-0.25, -0.2) is 0 Å². The summed E-state index contributed by atoms with van der Waals surface area (Å²) in [6.45, 7) is 6.68. The molecule has 2 N–H and O–H groups in total. The first kappa shape index (κ1) is 12.0. The second-order valence-electron chi connectivity index (χ2n) is 4.42. The first-order valence-electron chi connectivity index (χ1n) is 5.71. The Labute approximate surface area is 87.6 Å². The largest absolute Gasteiger partial charge is 0.381 e. The lowest BCUT2D eigenvalue weighted by molar-refractivity contribution is 0.0370. The summed E-state index contributed by atoms with van der Waals surface area (Å²) in [7, 11) is 1.82. The van der Waals surface area contributed by atoms with E-state index in [0.29, 0.717) is 6.10 Å². The summed E-state index contributed by atoms with van der Waals surface area (Å²) in [5.41, 5.74) is 5.54. The lowest BCUT2D eigenvalue weighted by Gasteiger charge is -2.32. The molecule has 14 heavy (non-hydrogen) atoms. The third kappa shape index (κ3) is 3.95. The highest BCUT2D eigenvalue weighted by Gasteiger charge is 2.19. The Kier molecular flexibility index (Phi) is 5.45. The van der Waals surface area contributed by atoms with Crippen LogP contribution in [0, 0.1) is 5.92 Å². The summed E-state index contributed by atoms with van der Waals surface area (Å²) >= 11 is 0. The van der Waals surface area contributed by atoms with Crippen molar-refractivity contribution in [2.75, 3.05) is 33.3 Å². The molecule has 1 rings (SSSR count). The molecule has 3 nitrogen and oxygen atoms in total. The van der Waals surface area contributed by atoms with Crippen LogP contribution in [0.15, 0.2) is 0 Å². The van der Waals surface area contributed by atoms with Gasteiger partial charge >= 0.3 is 0 Å². The number of piperidine rings is 1. The summed E-state index contributed by atoms with van der Waals surface area (Å²) in [6.07, 6.45) is 4.01. The maximum absolute atomic E-state index is 5.54. The number of methoxy groups -OCH3 is 1. The van der Waals surface area contributed by atoms with Gasteiger partial charge in [0.1, 0.15) is 0 Å². The average Bonchev–Trinajstić information content (AvgIpc) is 2.19. The van der Waals surface area contributed by atoms with Gasteiger partial charge in [0.2, 0.25) is 0 Å². The van der Waals surface area contributed by atoms with Crippen LogP contribution in [0.1, 0.15) is 26.2 Å². The lowest BCUT2D eigenvalue weighted by atomic mass is 10.0. The zero-order valence-electron chi connectivity index (χ0n) is 9.54. The minimum Gasteiger partial charge on any atom is -0.381 e. The first-order valence-corrected chi connectivity index (χ1v) is 5.71. The van der Waals surface area contributed by atoms with E-state index < -0.39 is 0 Å². The average molecular weight is 200 g/mol. The number of hydrogen-bond donors (Lipinski definition) is 1. The van der Waals surface area contributed by atoms with Crippen LogP contribution in [0.3, 0.4) is 0 Å². The van der Waals surface area contributed by atoms with Gasteiger partial charge in [-0.1, -0.05) is 6.92 Å². The van der Waals surface area contributed by atoms with E-state index in [-0.39, 0.29) is 0 Å². The first-order chi connectivity index (χ1) is 6.76. The summed E-state index contributed by atoms with van der Waals surface area (Å²) < 4.78 is 5.35. The van der Waals surface area contributed by atoms with Crippen molar-refractivity contribution in [3.05, 3.63) is 0 Å². The highest BCUT2D eigenvalue weighted by Crippen LogP contribution is 2.14. The van der Waals surface area contributed by atoms with Gasteiger partial charge in [0, 0.05) is 26.7 Å². The van der Waals surface area contributed by atoms with E-state index in [1.807, 2.05) is 7.11 Å². The van der Waals surface area contributed by atoms with Gasteiger partial charge in [0.15, 0.2) is 0 Å². The van der Waals surface area contributed by atoms with E-state index in [4.69, 9.17) is 10.5 Å². The molecule has 0 spiro atoms. The zero-order valence-corrected chi connectivity index (χ0v) is 9.54. The van der Waals surface area contributed by atoms with E-state index in [9.17, 15) is 0 Å². The Balaban J connectivity index is 2.15. The second-order valence-corrected chi connectivity index (χ2v) is 4.42. The van der Waals surface area contributed by atoms with E-state index in [1.54, 1.807) is 0 Å². The van der Waals surface area contributed by atoms with Gasteiger partial charge in [-0.05, 0) is 31.7 Å². The molecule has 1 aliphatic heterocycles. The molecule has 1 atom stereocenters. The quantitative estimate of drug-likeness (QED) is 0.722. The Bertz CT molecular complexity index is 144. The molecule has 1 aliphatic rings. The zero-order chi connectivity index (χ0) is 10.4. The van der Waals surface area contributed by atoms with Gasteiger partial charge in [-0.3, -0.25) is 0 Å². The van der Waals surface area contributed by atoms with Gasteiger partial charge in [0.05, 0.1) is 6.10 Å². The van der Waals surface area contributed by atoms with E-state index in [0.717, 1.165) is 18.9 Å². The van der Waals surface area contributed by atoms with Gasteiger partial charge in [-0.2, -0.15) is 0 Å². The van der Waals surface area contributed by atoms with Crippen molar-refractivity contribution in [1.29, 1.82) is 0 Å². The van der Waals surface area contributed by atoms with Crippen molar-refractivity contribution in [3.8, 4) is 0 Å². The SMILES string of the molecule is COC1CCN(CC(C)CCN)CC1. The number of rotatable bonds is 5. The second kappa shape index (κ2) is 6.38.